The molecule has 0 amide bonds. The summed E-state index contributed by atoms with van der Waals surface area (Å²) in [6, 6.07) is 12.5. The summed E-state index contributed by atoms with van der Waals surface area (Å²) in [5.41, 5.74) is 3.08. The van der Waals surface area contributed by atoms with Gasteiger partial charge in [0.25, 0.3) is 0 Å². The summed E-state index contributed by atoms with van der Waals surface area (Å²) in [5, 5.41) is 0. The highest BCUT2D eigenvalue weighted by atomic mass is 16.5. The fraction of sp³-hybridized carbons (Fsp3) is 0.263. The molecule has 0 bridgehead atoms. The van der Waals surface area contributed by atoms with Crippen LogP contribution in [0.1, 0.15) is 45.7 Å². The van der Waals surface area contributed by atoms with Crippen molar-refractivity contribution in [3.05, 3.63) is 64.7 Å². The van der Waals surface area contributed by atoms with E-state index >= 15 is 0 Å². The zero-order valence-electron chi connectivity index (χ0n) is 13.6. The third kappa shape index (κ3) is 4.42. The van der Waals surface area contributed by atoms with Crippen LogP contribution in [-0.2, 0) is 11.3 Å². The van der Waals surface area contributed by atoms with Crippen LogP contribution in [0.2, 0.25) is 0 Å². The molecule has 0 aromatic heterocycles. The summed E-state index contributed by atoms with van der Waals surface area (Å²) in [7, 11) is 0. The standard InChI is InChI=1S/C19H20O4/c1-4-22-19(21)16-7-5-15(6-8-16)12-23-17-9-10-18(14(3)20)13(2)11-17/h5-11H,4,12H2,1-3H3. The van der Waals surface area contributed by atoms with Crippen LogP contribution in [0.3, 0.4) is 0 Å². The van der Waals surface area contributed by atoms with Gasteiger partial charge in [0.05, 0.1) is 12.2 Å². The van der Waals surface area contributed by atoms with E-state index in [1.807, 2.05) is 25.1 Å². The van der Waals surface area contributed by atoms with Crippen LogP contribution in [0.5, 0.6) is 5.75 Å². The predicted molar refractivity (Wildman–Crippen MR) is 87.9 cm³/mol. The predicted octanol–water partition coefficient (Wildman–Crippen LogP) is 3.95. The number of Topliss-reactive ketones (excluding diaryl/α,β-unsaturated/α-hetero) is 1. The van der Waals surface area contributed by atoms with E-state index in [9.17, 15) is 9.59 Å². The van der Waals surface area contributed by atoms with Crippen LogP contribution in [0, 0.1) is 6.92 Å². The fourth-order valence-electron chi connectivity index (χ4n) is 2.24. The van der Waals surface area contributed by atoms with Crippen molar-refractivity contribution in [3.63, 3.8) is 0 Å². The van der Waals surface area contributed by atoms with E-state index in [1.165, 1.54) is 0 Å². The van der Waals surface area contributed by atoms with Gasteiger partial charge in [-0.25, -0.2) is 4.79 Å². The number of ketones is 1. The first-order valence-electron chi connectivity index (χ1n) is 7.51. The maximum Gasteiger partial charge on any atom is 0.338 e. The number of carbonyl (C=O) groups is 2. The lowest BCUT2D eigenvalue weighted by atomic mass is 10.1. The van der Waals surface area contributed by atoms with Crippen LogP contribution < -0.4 is 4.74 Å². The highest BCUT2D eigenvalue weighted by Gasteiger charge is 2.07. The van der Waals surface area contributed by atoms with Gasteiger partial charge in [0, 0.05) is 5.56 Å². The van der Waals surface area contributed by atoms with E-state index in [-0.39, 0.29) is 11.8 Å². The van der Waals surface area contributed by atoms with Crippen LogP contribution >= 0.6 is 0 Å². The zero-order valence-corrected chi connectivity index (χ0v) is 13.6. The lowest BCUT2D eigenvalue weighted by Crippen LogP contribution is -2.05. The Morgan fingerprint density at radius 1 is 1.04 bits per heavy atom. The number of benzene rings is 2. The maximum absolute atomic E-state index is 11.6. The van der Waals surface area contributed by atoms with Crippen molar-refractivity contribution in [3.8, 4) is 5.75 Å². The Hall–Kier alpha value is -2.62. The van der Waals surface area contributed by atoms with E-state index in [2.05, 4.69) is 0 Å². The van der Waals surface area contributed by atoms with Gasteiger partial charge < -0.3 is 9.47 Å². The molecule has 0 saturated heterocycles. The molecule has 0 aliphatic rings. The molecule has 2 aromatic carbocycles. The molecule has 0 atom stereocenters. The molecule has 0 aliphatic carbocycles. The van der Waals surface area contributed by atoms with Gasteiger partial charge in [-0.15, -0.1) is 0 Å². The Kier molecular flexibility index (Phi) is 5.52. The van der Waals surface area contributed by atoms with Crippen molar-refractivity contribution in [2.24, 2.45) is 0 Å². The quantitative estimate of drug-likeness (QED) is 0.598. The van der Waals surface area contributed by atoms with Gasteiger partial charge in [-0.1, -0.05) is 12.1 Å². The summed E-state index contributed by atoms with van der Waals surface area (Å²) in [6.07, 6.45) is 0. The molecule has 4 nitrogen and oxygen atoms in total. The Balaban J connectivity index is 1.99. The molecule has 120 valence electrons. The topological polar surface area (TPSA) is 52.6 Å². The second-order valence-electron chi connectivity index (χ2n) is 5.24. The lowest BCUT2D eigenvalue weighted by Gasteiger charge is -2.09. The largest absolute Gasteiger partial charge is 0.489 e. The van der Waals surface area contributed by atoms with Crippen LogP contribution in [-0.4, -0.2) is 18.4 Å². The average Bonchev–Trinajstić information content (AvgIpc) is 2.53. The van der Waals surface area contributed by atoms with Gasteiger partial charge in [-0.05, 0) is 62.2 Å². The van der Waals surface area contributed by atoms with Gasteiger partial charge in [0.1, 0.15) is 12.4 Å². The summed E-state index contributed by atoms with van der Waals surface area (Å²) in [4.78, 5) is 23.0. The minimum absolute atomic E-state index is 0.0450. The molecule has 0 spiro atoms. The number of aryl methyl sites for hydroxylation is 1. The van der Waals surface area contributed by atoms with Crippen molar-refractivity contribution in [1.82, 2.24) is 0 Å². The third-order valence-electron chi connectivity index (χ3n) is 3.45. The Bertz CT molecular complexity index is 702. The summed E-state index contributed by atoms with van der Waals surface area (Å²) in [6.45, 7) is 5.96. The van der Waals surface area contributed by atoms with Crippen LogP contribution in [0.15, 0.2) is 42.5 Å². The highest BCUT2D eigenvalue weighted by Crippen LogP contribution is 2.19. The van der Waals surface area contributed by atoms with Crippen LogP contribution in [0.4, 0.5) is 0 Å². The molecular weight excluding hydrogens is 292 g/mol. The number of carbonyl (C=O) groups excluding carboxylic acids is 2. The molecule has 0 unspecified atom stereocenters. The molecule has 2 aromatic rings. The molecule has 4 heteroatoms. The van der Waals surface area contributed by atoms with E-state index in [1.54, 1.807) is 38.1 Å². The number of hydrogen-bond acceptors (Lipinski definition) is 4. The van der Waals surface area contributed by atoms with Gasteiger partial charge in [-0.3, -0.25) is 4.79 Å². The molecular formula is C19H20O4. The smallest absolute Gasteiger partial charge is 0.338 e. The van der Waals surface area contributed by atoms with Crippen molar-refractivity contribution < 1.29 is 19.1 Å². The Labute approximate surface area is 136 Å². The van der Waals surface area contributed by atoms with Crippen molar-refractivity contribution in [1.29, 1.82) is 0 Å². The molecule has 0 aliphatic heterocycles. The molecule has 0 saturated carbocycles. The van der Waals surface area contributed by atoms with Gasteiger partial charge in [-0.2, -0.15) is 0 Å². The number of ether oxygens (including phenoxy) is 2. The monoisotopic (exact) mass is 312 g/mol. The van der Waals surface area contributed by atoms with E-state index in [4.69, 9.17) is 9.47 Å². The average molecular weight is 312 g/mol. The van der Waals surface area contributed by atoms with E-state index < -0.39 is 0 Å². The van der Waals surface area contributed by atoms with Crippen molar-refractivity contribution in [2.45, 2.75) is 27.4 Å². The Morgan fingerprint density at radius 2 is 1.74 bits per heavy atom. The summed E-state index contributed by atoms with van der Waals surface area (Å²) >= 11 is 0. The highest BCUT2D eigenvalue weighted by molar-refractivity contribution is 5.95. The van der Waals surface area contributed by atoms with Crippen molar-refractivity contribution in [2.75, 3.05) is 6.61 Å². The molecule has 0 heterocycles. The van der Waals surface area contributed by atoms with Gasteiger partial charge in [0.15, 0.2) is 5.78 Å². The number of hydrogen-bond donors (Lipinski definition) is 0. The molecule has 23 heavy (non-hydrogen) atoms. The minimum Gasteiger partial charge on any atom is -0.489 e. The first-order chi connectivity index (χ1) is 11.0. The zero-order chi connectivity index (χ0) is 16.8. The van der Waals surface area contributed by atoms with Gasteiger partial charge in [0.2, 0.25) is 0 Å². The molecule has 0 radical (unpaired) electrons. The molecule has 0 fully saturated rings. The third-order valence-corrected chi connectivity index (χ3v) is 3.45. The van der Waals surface area contributed by atoms with Gasteiger partial charge >= 0.3 is 5.97 Å². The molecule has 0 N–H and O–H groups in total. The first kappa shape index (κ1) is 16.7. The summed E-state index contributed by atoms with van der Waals surface area (Å²) < 4.78 is 10.7. The maximum atomic E-state index is 11.6. The fourth-order valence-corrected chi connectivity index (χ4v) is 2.24. The number of esters is 1. The SMILES string of the molecule is CCOC(=O)c1ccc(COc2ccc(C(C)=O)c(C)c2)cc1. The minimum atomic E-state index is -0.324. The second-order valence-corrected chi connectivity index (χ2v) is 5.24. The molecule has 2 rings (SSSR count). The van der Waals surface area contributed by atoms with Crippen molar-refractivity contribution >= 4 is 11.8 Å². The number of rotatable bonds is 6. The lowest BCUT2D eigenvalue weighted by molar-refractivity contribution is 0.0526. The van der Waals surface area contributed by atoms with E-state index in [0.29, 0.717) is 30.1 Å². The second kappa shape index (κ2) is 7.58. The van der Waals surface area contributed by atoms with Crippen LogP contribution in [0.25, 0.3) is 0 Å². The van der Waals surface area contributed by atoms with E-state index in [0.717, 1.165) is 11.1 Å². The first-order valence-corrected chi connectivity index (χ1v) is 7.51. The normalized spacial score (nSPS) is 10.2. The Morgan fingerprint density at radius 3 is 2.30 bits per heavy atom. The summed E-state index contributed by atoms with van der Waals surface area (Å²) in [5.74, 6) is 0.431.